The zero-order valence-corrected chi connectivity index (χ0v) is 14.7. The fourth-order valence-corrected chi connectivity index (χ4v) is 2.41. The van der Waals surface area contributed by atoms with Crippen molar-refractivity contribution in [1.29, 1.82) is 0 Å². The molecule has 0 aliphatic carbocycles. The minimum Gasteiger partial charge on any atom is -0.398 e. The molecule has 6 heteroatoms. The van der Waals surface area contributed by atoms with Gasteiger partial charge in [-0.2, -0.15) is 0 Å². The van der Waals surface area contributed by atoms with Crippen LogP contribution in [-0.4, -0.2) is 41.8 Å². The lowest BCUT2D eigenvalue weighted by atomic mass is 10.0. The van der Waals surface area contributed by atoms with Gasteiger partial charge >= 0.3 is 0 Å². The summed E-state index contributed by atoms with van der Waals surface area (Å²) in [6.07, 6.45) is 5.28. The molecule has 0 bridgehead atoms. The average Bonchev–Trinajstić information content (AvgIpc) is 2.62. The highest BCUT2D eigenvalue weighted by Gasteiger charge is 2.15. The van der Waals surface area contributed by atoms with Crippen molar-refractivity contribution in [1.82, 2.24) is 15.2 Å². The van der Waals surface area contributed by atoms with E-state index in [0.717, 1.165) is 24.0 Å². The Hall–Kier alpha value is -2.89. The average molecular weight is 340 g/mol. The number of carbonyl (C=O) groups excluding carboxylic acids is 2. The first kappa shape index (κ1) is 18.4. The van der Waals surface area contributed by atoms with E-state index in [-0.39, 0.29) is 18.4 Å². The van der Waals surface area contributed by atoms with E-state index in [1.807, 2.05) is 12.1 Å². The first-order valence-electron chi connectivity index (χ1n) is 8.35. The molecule has 0 unspecified atom stereocenters. The molecule has 0 aliphatic heterocycles. The van der Waals surface area contributed by atoms with Crippen LogP contribution in [0.5, 0.6) is 0 Å². The summed E-state index contributed by atoms with van der Waals surface area (Å²) >= 11 is 0. The molecule has 1 aromatic heterocycles. The van der Waals surface area contributed by atoms with E-state index in [9.17, 15) is 9.59 Å². The van der Waals surface area contributed by atoms with Gasteiger partial charge in [0, 0.05) is 42.8 Å². The summed E-state index contributed by atoms with van der Waals surface area (Å²) in [6, 6.07) is 8.86. The lowest BCUT2D eigenvalue weighted by Crippen LogP contribution is -2.38. The Labute approximate surface area is 148 Å². The molecule has 0 fully saturated rings. The summed E-state index contributed by atoms with van der Waals surface area (Å²) in [4.78, 5) is 29.7. The van der Waals surface area contributed by atoms with Crippen molar-refractivity contribution in [2.24, 2.45) is 0 Å². The topological polar surface area (TPSA) is 88.3 Å². The molecule has 132 valence electrons. The molecule has 0 radical (unpaired) electrons. The molecule has 25 heavy (non-hydrogen) atoms. The van der Waals surface area contributed by atoms with Crippen LogP contribution < -0.4 is 11.1 Å². The van der Waals surface area contributed by atoms with Gasteiger partial charge in [0.2, 0.25) is 5.91 Å². The zero-order chi connectivity index (χ0) is 18.2. The van der Waals surface area contributed by atoms with Gasteiger partial charge in [0.05, 0.1) is 6.54 Å². The normalized spacial score (nSPS) is 10.3. The Balaban J connectivity index is 2.00. The van der Waals surface area contributed by atoms with Gasteiger partial charge < -0.3 is 16.0 Å². The number of pyridine rings is 1. The summed E-state index contributed by atoms with van der Waals surface area (Å²) in [5.41, 5.74) is 8.82. The number of nitrogens with one attached hydrogen (secondary N) is 1. The van der Waals surface area contributed by atoms with Gasteiger partial charge in [-0.05, 0) is 30.2 Å². The third kappa shape index (κ3) is 5.04. The molecular formula is C19H24N4O2. The molecule has 0 saturated heterocycles. The minimum absolute atomic E-state index is 0.0415. The number of nitrogens with two attached hydrogens (primary N) is 1. The molecule has 0 saturated carbocycles. The molecule has 2 rings (SSSR count). The summed E-state index contributed by atoms with van der Waals surface area (Å²) in [7, 11) is 1.62. The van der Waals surface area contributed by atoms with Gasteiger partial charge in [0.25, 0.3) is 5.91 Å². The Morgan fingerprint density at radius 1 is 1.20 bits per heavy atom. The van der Waals surface area contributed by atoms with Crippen LogP contribution in [0.15, 0.2) is 42.7 Å². The number of unbranched alkanes of at least 4 members (excludes halogenated alkanes) is 1. The molecule has 0 atom stereocenters. The van der Waals surface area contributed by atoms with E-state index in [4.69, 9.17) is 5.73 Å². The van der Waals surface area contributed by atoms with E-state index >= 15 is 0 Å². The van der Waals surface area contributed by atoms with Crippen LogP contribution in [0.4, 0.5) is 5.69 Å². The quantitative estimate of drug-likeness (QED) is 0.757. The first-order chi connectivity index (χ1) is 12.0. The fraction of sp³-hybridized carbons (Fsp3) is 0.316. The van der Waals surface area contributed by atoms with Crippen molar-refractivity contribution in [3.8, 4) is 11.1 Å². The summed E-state index contributed by atoms with van der Waals surface area (Å²) in [6.45, 7) is 2.74. The standard InChI is InChI=1S/C19H24N4O2/c1-3-4-10-22-18(24)13-23(2)19(25)15-7-5-14(6-8-15)16-12-21-11-9-17(16)20/h5-9,11-12H,3-4,10,13H2,1-2H3,(H2,20,21)(H,22,24). The second kappa shape index (κ2) is 8.82. The van der Waals surface area contributed by atoms with Gasteiger partial charge in [-0.15, -0.1) is 0 Å². The van der Waals surface area contributed by atoms with Crippen molar-refractivity contribution in [3.63, 3.8) is 0 Å². The summed E-state index contributed by atoms with van der Waals surface area (Å²) in [5, 5.41) is 2.80. The number of benzene rings is 1. The number of likely N-dealkylation sites (N-methyl/N-ethyl adjacent to an activating group) is 1. The van der Waals surface area contributed by atoms with Crippen LogP contribution >= 0.6 is 0 Å². The predicted molar refractivity (Wildman–Crippen MR) is 99.0 cm³/mol. The molecule has 0 spiro atoms. The lowest BCUT2D eigenvalue weighted by molar-refractivity contribution is -0.121. The minimum atomic E-state index is -0.198. The number of rotatable bonds is 7. The second-order valence-corrected chi connectivity index (χ2v) is 5.90. The van der Waals surface area contributed by atoms with E-state index < -0.39 is 0 Å². The van der Waals surface area contributed by atoms with Gasteiger partial charge in [-0.25, -0.2) is 0 Å². The lowest BCUT2D eigenvalue weighted by Gasteiger charge is -2.17. The van der Waals surface area contributed by atoms with Crippen molar-refractivity contribution >= 4 is 17.5 Å². The third-order valence-electron chi connectivity index (χ3n) is 3.88. The third-order valence-corrected chi connectivity index (χ3v) is 3.88. The zero-order valence-electron chi connectivity index (χ0n) is 14.7. The molecule has 1 heterocycles. The molecule has 2 aromatic rings. The summed E-state index contributed by atoms with van der Waals surface area (Å²) in [5.74, 6) is -0.347. The van der Waals surface area contributed by atoms with E-state index in [1.165, 1.54) is 4.90 Å². The maximum absolute atomic E-state index is 12.4. The molecule has 0 aliphatic rings. The predicted octanol–water partition coefficient (Wildman–Crippen LogP) is 2.32. The van der Waals surface area contributed by atoms with Gasteiger partial charge in [-0.1, -0.05) is 25.5 Å². The summed E-state index contributed by atoms with van der Waals surface area (Å²) < 4.78 is 0. The number of nitrogen functional groups attached to an aromatic ring is 1. The molecule has 2 amide bonds. The molecule has 1 aromatic carbocycles. The Morgan fingerprint density at radius 2 is 1.92 bits per heavy atom. The number of carbonyl (C=O) groups is 2. The highest BCUT2D eigenvalue weighted by atomic mass is 16.2. The molecule has 6 nitrogen and oxygen atoms in total. The van der Waals surface area contributed by atoms with E-state index in [1.54, 1.807) is 37.6 Å². The Morgan fingerprint density at radius 3 is 2.56 bits per heavy atom. The van der Waals surface area contributed by atoms with Gasteiger partial charge in [0.1, 0.15) is 0 Å². The van der Waals surface area contributed by atoms with Crippen LogP contribution in [0.3, 0.4) is 0 Å². The number of hydrogen-bond acceptors (Lipinski definition) is 4. The largest absolute Gasteiger partial charge is 0.398 e. The number of amides is 2. The highest BCUT2D eigenvalue weighted by molar-refractivity contribution is 5.96. The SMILES string of the molecule is CCCCNC(=O)CN(C)C(=O)c1ccc(-c2cnccc2N)cc1. The number of aromatic nitrogens is 1. The van der Waals surface area contributed by atoms with Crippen LogP contribution in [0.2, 0.25) is 0 Å². The van der Waals surface area contributed by atoms with Crippen LogP contribution in [0.25, 0.3) is 11.1 Å². The van der Waals surface area contributed by atoms with Crippen LogP contribution in [0, 0.1) is 0 Å². The number of nitrogens with zero attached hydrogens (tertiary/aromatic N) is 2. The molecular weight excluding hydrogens is 316 g/mol. The van der Waals surface area contributed by atoms with E-state index in [0.29, 0.717) is 17.8 Å². The fourth-order valence-electron chi connectivity index (χ4n) is 2.41. The van der Waals surface area contributed by atoms with Crippen LogP contribution in [-0.2, 0) is 4.79 Å². The van der Waals surface area contributed by atoms with Gasteiger partial charge in [0.15, 0.2) is 0 Å². The highest BCUT2D eigenvalue weighted by Crippen LogP contribution is 2.24. The second-order valence-electron chi connectivity index (χ2n) is 5.90. The van der Waals surface area contributed by atoms with Gasteiger partial charge in [-0.3, -0.25) is 14.6 Å². The van der Waals surface area contributed by atoms with Crippen molar-refractivity contribution in [2.45, 2.75) is 19.8 Å². The Bertz CT molecular complexity index is 728. The van der Waals surface area contributed by atoms with Crippen LogP contribution in [0.1, 0.15) is 30.1 Å². The van der Waals surface area contributed by atoms with Crippen molar-refractivity contribution < 1.29 is 9.59 Å². The maximum Gasteiger partial charge on any atom is 0.254 e. The molecule has 3 N–H and O–H groups in total. The monoisotopic (exact) mass is 340 g/mol. The van der Waals surface area contributed by atoms with E-state index in [2.05, 4.69) is 17.2 Å². The maximum atomic E-state index is 12.4. The first-order valence-corrected chi connectivity index (χ1v) is 8.35. The van der Waals surface area contributed by atoms with Crippen molar-refractivity contribution in [3.05, 3.63) is 48.3 Å². The number of hydrogen-bond donors (Lipinski definition) is 2. The smallest absolute Gasteiger partial charge is 0.254 e. The number of anilines is 1. The van der Waals surface area contributed by atoms with Crippen molar-refractivity contribution in [2.75, 3.05) is 25.9 Å². The Kier molecular flexibility index (Phi) is 6.51.